The first-order chi connectivity index (χ1) is 5.06. The van der Waals surface area contributed by atoms with Crippen molar-refractivity contribution in [3.63, 3.8) is 0 Å². The highest BCUT2D eigenvalue weighted by Crippen LogP contribution is 2.07. The zero-order valence-electron chi connectivity index (χ0n) is 6.40. The van der Waals surface area contributed by atoms with Gasteiger partial charge in [0.2, 0.25) is 0 Å². The van der Waals surface area contributed by atoms with Crippen molar-refractivity contribution >= 4 is 0 Å². The minimum atomic E-state index is -0.657. The third kappa shape index (κ3) is 5.27. The van der Waals surface area contributed by atoms with E-state index in [2.05, 4.69) is 13.2 Å². The summed E-state index contributed by atoms with van der Waals surface area (Å²) >= 11 is 0. The largest absolute Gasteiger partial charge is 0.212 e. The fraction of sp³-hybridized carbons (Fsp3) is 0.111. The van der Waals surface area contributed by atoms with Crippen LogP contribution in [0.5, 0.6) is 0 Å². The van der Waals surface area contributed by atoms with Gasteiger partial charge in [0.25, 0.3) is 0 Å². The van der Waals surface area contributed by atoms with Crippen LogP contribution in [0.25, 0.3) is 0 Å². The lowest BCUT2D eigenvalue weighted by Crippen LogP contribution is -1.70. The van der Waals surface area contributed by atoms with Crippen LogP contribution in [-0.2, 0) is 0 Å². The highest BCUT2D eigenvalue weighted by atomic mass is 19.1. The first-order valence-electron chi connectivity index (χ1n) is 3.08. The van der Waals surface area contributed by atoms with Crippen molar-refractivity contribution in [3.05, 3.63) is 48.6 Å². The third-order valence-electron chi connectivity index (χ3n) is 0.922. The molecule has 0 N–H and O–H groups in total. The van der Waals surface area contributed by atoms with E-state index in [1.165, 1.54) is 13.0 Å². The molecule has 0 atom stereocenters. The van der Waals surface area contributed by atoms with Crippen molar-refractivity contribution in [2.45, 2.75) is 6.92 Å². The van der Waals surface area contributed by atoms with E-state index in [9.17, 15) is 8.78 Å². The molecule has 0 amide bonds. The van der Waals surface area contributed by atoms with E-state index in [-0.39, 0.29) is 0 Å². The van der Waals surface area contributed by atoms with Gasteiger partial charge in [-0.05, 0) is 18.6 Å². The van der Waals surface area contributed by atoms with E-state index in [1.54, 1.807) is 0 Å². The summed E-state index contributed by atoms with van der Waals surface area (Å²) in [6.07, 6.45) is 3.28. The molecule has 0 aliphatic rings. The third-order valence-corrected chi connectivity index (χ3v) is 0.922. The van der Waals surface area contributed by atoms with Crippen molar-refractivity contribution in [2.24, 2.45) is 0 Å². The van der Waals surface area contributed by atoms with Crippen LogP contribution in [0.2, 0.25) is 0 Å². The summed E-state index contributed by atoms with van der Waals surface area (Å²) < 4.78 is 24.6. The Morgan fingerprint density at radius 3 is 2.18 bits per heavy atom. The maximum atomic E-state index is 12.5. The van der Waals surface area contributed by atoms with E-state index >= 15 is 0 Å². The van der Waals surface area contributed by atoms with Gasteiger partial charge in [-0.25, -0.2) is 8.78 Å². The second-order valence-electron chi connectivity index (χ2n) is 2.04. The first kappa shape index (κ1) is 9.82. The van der Waals surface area contributed by atoms with Gasteiger partial charge in [0.1, 0.15) is 5.83 Å². The Kier molecular flexibility index (Phi) is 4.11. The number of hydrogen-bond acceptors (Lipinski definition) is 0. The Balaban J connectivity index is 4.34. The van der Waals surface area contributed by atoms with E-state index < -0.39 is 11.7 Å². The van der Waals surface area contributed by atoms with Gasteiger partial charge in [-0.15, -0.1) is 0 Å². The zero-order valence-corrected chi connectivity index (χ0v) is 6.40. The highest BCUT2D eigenvalue weighted by Gasteiger charge is 1.90. The number of hydrogen-bond donors (Lipinski definition) is 0. The summed E-state index contributed by atoms with van der Waals surface area (Å²) in [5.41, 5.74) is 0.417. The van der Waals surface area contributed by atoms with Gasteiger partial charge in [0.05, 0.1) is 5.83 Å². The van der Waals surface area contributed by atoms with Gasteiger partial charge < -0.3 is 0 Å². The first-order valence-corrected chi connectivity index (χ1v) is 3.08. The lowest BCUT2D eigenvalue weighted by atomic mass is 10.2. The van der Waals surface area contributed by atoms with Gasteiger partial charge in [-0.2, -0.15) is 0 Å². The van der Waals surface area contributed by atoms with Gasteiger partial charge in [0.15, 0.2) is 0 Å². The second-order valence-corrected chi connectivity index (χ2v) is 2.04. The average molecular weight is 156 g/mol. The molecule has 0 unspecified atom stereocenters. The SMILES string of the molecule is C=CC(=C)/C=C(F)\C=C(/C)F. The summed E-state index contributed by atoms with van der Waals surface area (Å²) in [6, 6.07) is 0. The summed E-state index contributed by atoms with van der Waals surface area (Å²) in [5.74, 6) is -1.23. The highest BCUT2D eigenvalue weighted by molar-refractivity contribution is 5.31. The lowest BCUT2D eigenvalue weighted by molar-refractivity contribution is 0.614. The van der Waals surface area contributed by atoms with Gasteiger partial charge in [-0.3, -0.25) is 0 Å². The molecule has 0 spiro atoms. The van der Waals surface area contributed by atoms with E-state index in [0.29, 0.717) is 5.57 Å². The van der Waals surface area contributed by atoms with Crippen LogP contribution in [0.4, 0.5) is 8.78 Å². The molecule has 0 aromatic rings. The van der Waals surface area contributed by atoms with E-state index in [1.807, 2.05) is 0 Å². The molecule has 0 bridgehead atoms. The Bertz CT molecular complexity index is 218. The maximum Gasteiger partial charge on any atom is 0.126 e. The predicted molar refractivity (Wildman–Crippen MR) is 43.4 cm³/mol. The number of rotatable bonds is 3. The fourth-order valence-electron chi connectivity index (χ4n) is 0.468. The zero-order chi connectivity index (χ0) is 8.85. The molecule has 0 rings (SSSR count). The Morgan fingerprint density at radius 1 is 1.27 bits per heavy atom. The molecule has 0 heterocycles. The molecular weight excluding hydrogens is 146 g/mol. The molecule has 0 aromatic heterocycles. The normalized spacial score (nSPS) is 13.0. The topological polar surface area (TPSA) is 0 Å². The minimum Gasteiger partial charge on any atom is -0.212 e. The molecule has 0 aliphatic carbocycles. The average Bonchev–Trinajstić information content (AvgIpc) is 1.85. The summed E-state index contributed by atoms with van der Waals surface area (Å²) in [5, 5.41) is 0. The maximum absolute atomic E-state index is 12.5. The van der Waals surface area contributed by atoms with Crippen molar-refractivity contribution in [1.82, 2.24) is 0 Å². The lowest BCUT2D eigenvalue weighted by Gasteiger charge is -1.88. The van der Waals surface area contributed by atoms with Crippen LogP contribution in [-0.4, -0.2) is 0 Å². The van der Waals surface area contributed by atoms with Crippen LogP contribution in [0, 0.1) is 0 Å². The molecular formula is C9H10F2. The summed E-state index contributed by atoms with van der Waals surface area (Å²) in [6.45, 7) is 7.97. The van der Waals surface area contributed by atoms with Gasteiger partial charge in [-0.1, -0.05) is 19.2 Å². The van der Waals surface area contributed by atoms with Gasteiger partial charge in [0, 0.05) is 6.08 Å². The van der Waals surface area contributed by atoms with Crippen molar-refractivity contribution < 1.29 is 8.78 Å². The monoisotopic (exact) mass is 156 g/mol. The van der Waals surface area contributed by atoms with Crippen LogP contribution >= 0.6 is 0 Å². The second kappa shape index (κ2) is 4.61. The Hall–Kier alpha value is -1.18. The molecule has 0 nitrogen and oxygen atoms in total. The molecule has 0 saturated carbocycles. The molecule has 2 heteroatoms. The molecule has 60 valence electrons. The molecule has 0 aliphatic heterocycles. The van der Waals surface area contributed by atoms with E-state index in [0.717, 1.165) is 12.2 Å². The van der Waals surface area contributed by atoms with Gasteiger partial charge >= 0.3 is 0 Å². The number of allylic oxidation sites excluding steroid dienone is 6. The van der Waals surface area contributed by atoms with Crippen LogP contribution in [0.1, 0.15) is 6.92 Å². The fourth-order valence-corrected chi connectivity index (χ4v) is 0.468. The summed E-state index contributed by atoms with van der Waals surface area (Å²) in [4.78, 5) is 0. The number of halogens is 2. The van der Waals surface area contributed by atoms with Crippen LogP contribution in [0.15, 0.2) is 48.6 Å². The van der Waals surface area contributed by atoms with E-state index in [4.69, 9.17) is 0 Å². The molecule has 0 aromatic carbocycles. The Morgan fingerprint density at radius 2 is 1.82 bits per heavy atom. The minimum absolute atomic E-state index is 0.417. The predicted octanol–water partition coefficient (Wildman–Crippen LogP) is 3.46. The Labute approximate surface area is 65.2 Å². The molecule has 0 saturated heterocycles. The molecule has 0 fully saturated rings. The van der Waals surface area contributed by atoms with Crippen molar-refractivity contribution in [3.8, 4) is 0 Å². The van der Waals surface area contributed by atoms with Crippen molar-refractivity contribution in [1.29, 1.82) is 0 Å². The standard InChI is InChI=1S/C9H10F2/c1-4-7(2)5-9(11)6-8(3)10/h4-6H,1-2H2,3H3/b8-6+,9-5+. The molecule has 0 radical (unpaired) electrons. The van der Waals surface area contributed by atoms with Crippen molar-refractivity contribution in [2.75, 3.05) is 0 Å². The quantitative estimate of drug-likeness (QED) is 0.549. The molecule has 11 heavy (non-hydrogen) atoms. The summed E-state index contributed by atoms with van der Waals surface area (Å²) in [7, 11) is 0. The van der Waals surface area contributed by atoms with Crippen LogP contribution in [0.3, 0.4) is 0 Å². The van der Waals surface area contributed by atoms with Crippen LogP contribution < -0.4 is 0 Å². The smallest absolute Gasteiger partial charge is 0.126 e.